The van der Waals surface area contributed by atoms with Crippen molar-refractivity contribution in [3.8, 4) is 6.07 Å². The number of hydrogen-bond acceptors (Lipinski definition) is 2. The minimum Gasteiger partial charge on any atom is -0.334 e. The zero-order valence-corrected chi connectivity index (χ0v) is 12.1. The molecule has 21 heavy (non-hydrogen) atoms. The van der Waals surface area contributed by atoms with E-state index in [-0.39, 0.29) is 6.03 Å². The number of hydrogen-bond donors (Lipinski definition) is 2. The normalized spacial score (nSPS) is 9.76. The molecule has 0 aromatic heterocycles. The molecule has 0 aliphatic heterocycles. The van der Waals surface area contributed by atoms with E-state index in [4.69, 9.17) is 5.26 Å². The molecule has 4 heteroatoms. The first-order valence-electron chi connectivity index (χ1n) is 6.69. The van der Waals surface area contributed by atoms with Gasteiger partial charge >= 0.3 is 6.03 Å². The van der Waals surface area contributed by atoms with Crippen LogP contribution in [-0.2, 0) is 6.54 Å². The van der Waals surface area contributed by atoms with Gasteiger partial charge in [0.05, 0.1) is 11.6 Å². The van der Waals surface area contributed by atoms with Gasteiger partial charge < -0.3 is 10.6 Å². The summed E-state index contributed by atoms with van der Waals surface area (Å²) in [6, 6.07) is 14.8. The first-order valence-corrected chi connectivity index (χ1v) is 6.69. The number of carbonyl (C=O) groups excluding carboxylic acids is 1. The highest BCUT2D eigenvalue weighted by molar-refractivity contribution is 5.89. The molecule has 2 aromatic rings. The number of amides is 2. The highest BCUT2D eigenvalue weighted by Gasteiger charge is 2.03. The third-order valence-corrected chi connectivity index (χ3v) is 3.02. The maximum atomic E-state index is 11.9. The van der Waals surface area contributed by atoms with E-state index < -0.39 is 0 Å². The number of aryl methyl sites for hydroxylation is 2. The Balaban J connectivity index is 1.91. The number of anilines is 1. The van der Waals surface area contributed by atoms with Crippen molar-refractivity contribution in [1.29, 1.82) is 5.26 Å². The topological polar surface area (TPSA) is 64.9 Å². The van der Waals surface area contributed by atoms with E-state index in [9.17, 15) is 4.79 Å². The molecule has 2 amide bonds. The average Bonchev–Trinajstić information content (AvgIpc) is 2.44. The molecule has 0 aliphatic rings. The van der Waals surface area contributed by atoms with Gasteiger partial charge in [-0.15, -0.1) is 0 Å². The number of rotatable bonds is 3. The lowest BCUT2D eigenvalue weighted by Gasteiger charge is -2.09. The second-order valence-electron chi connectivity index (χ2n) is 4.99. The van der Waals surface area contributed by atoms with Gasteiger partial charge in [0.2, 0.25) is 0 Å². The van der Waals surface area contributed by atoms with Crippen molar-refractivity contribution in [2.24, 2.45) is 0 Å². The Hall–Kier alpha value is -2.80. The molecule has 0 spiro atoms. The first-order chi connectivity index (χ1) is 10.1. The fourth-order valence-corrected chi connectivity index (χ4v) is 2.10. The molecule has 0 aliphatic carbocycles. The Morgan fingerprint density at radius 2 is 1.71 bits per heavy atom. The number of nitrogens with zero attached hydrogens (tertiary/aromatic N) is 1. The largest absolute Gasteiger partial charge is 0.334 e. The van der Waals surface area contributed by atoms with Crippen molar-refractivity contribution in [3.63, 3.8) is 0 Å². The predicted octanol–water partition coefficient (Wildman–Crippen LogP) is 3.50. The van der Waals surface area contributed by atoms with Crippen molar-refractivity contribution in [2.75, 3.05) is 5.32 Å². The summed E-state index contributed by atoms with van der Waals surface area (Å²) >= 11 is 0. The molecule has 0 unspecified atom stereocenters. The monoisotopic (exact) mass is 279 g/mol. The third kappa shape index (κ3) is 4.36. The Morgan fingerprint density at radius 3 is 2.29 bits per heavy atom. The molecular formula is C17H17N3O. The van der Waals surface area contributed by atoms with Gasteiger partial charge in [-0.2, -0.15) is 5.26 Å². The Bertz CT molecular complexity index is 664. The second kappa shape index (κ2) is 6.58. The summed E-state index contributed by atoms with van der Waals surface area (Å²) in [6.45, 7) is 4.40. The molecule has 0 atom stereocenters. The minimum atomic E-state index is -0.246. The Labute approximate surface area is 124 Å². The van der Waals surface area contributed by atoms with E-state index in [0.717, 1.165) is 22.4 Å². The first kappa shape index (κ1) is 14.6. The smallest absolute Gasteiger partial charge is 0.319 e. The summed E-state index contributed by atoms with van der Waals surface area (Å²) < 4.78 is 0. The number of nitrogens with one attached hydrogen (secondary N) is 2. The number of nitriles is 1. The van der Waals surface area contributed by atoms with E-state index in [1.54, 1.807) is 12.1 Å². The van der Waals surface area contributed by atoms with Crippen LogP contribution in [0.3, 0.4) is 0 Å². The van der Waals surface area contributed by atoms with E-state index >= 15 is 0 Å². The summed E-state index contributed by atoms with van der Waals surface area (Å²) in [6.07, 6.45) is 0. The lowest BCUT2D eigenvalue weighted by atomic mass is 10.1. The van der Waals surface area contributed by atoms with Crippen molar-refractivity contribution in [3.05, 3.63) is 64.7 Å². The average molecular weight is 279 g/mol. The summed E-state index contributed by atoms with van der Waals surface area (Å²) in [5.41, 5.74) is 4.56. The van der Waals surface area contributed by atoms with Gasteiger partial charge in [0.15, 0.2) is 0 Å². The fourth-order valence-electron chi connectivity index (χ4n) is 2.10. The maximum absolute atomic E-state index is 11.9. The molecule has 0 fully saturated rings. The van der Waals surface area contributed by atoms with Gasteiger partial charge in [0.1, 0.15) is 0 Å². The maximum Gasteiger partial charge on any atom is 0.319 e. The van der Waals surface area contributed by atoms with Gasteiger partial charge in [-0.05, 0) is 54.8 Å². The molecule has 106 valence electrons. The zero-order chi connectivity index (χ0) is 15.2. The zero-order valence-electron chi connectivity index (χ0n) is 12.1. The van der Waals surface area contributed by atoms with Crippen LogP contribution in [0.5, 0.6) is 0 Å². The van der Waals surface area contributed by atoms with Crippen molar-refractivity contribution >= 4 is 11.7 Å². The summed E-state index contributed by atoms with van der Waals surface area (Å²) in [5.74, 6) is 0. The van der Waals surface area contributed by atoms with Gasteiger partial charge in [0, 0.05) is 12.2 Å². The standard InChI is InChI=1S/C17H17N3O/c1-12-7-13(2)9-16(8-12)20-17(21)19-11-15-5-3-14(10-18)4-6-15/h3-9H,11H2,1-2H3,(H2,19,20,21). The van der Waals surface area contributed by atoms with Crippen molar-refractivity contribution in [1.82, 2.24) is 5.32 Å². The third-order valence-electron chi connectivity index (χ3n) is 3.02. The Morgan fingerprint density at radius 1 is 1.10 bits per heavy atom. The predicted molar refractivity (Wildman–Crippen MR) is 82.9 cm³/mol. The molecule has 4 nitrogen and oxygen atoms in total. The van der Waals surface area contributed by atoms with Crippen LogP contribution in [-0.4, -0.2) is 6.03 Å². The van der Waals surface area contributed by atoms with Gasteiger partial charge in [-0.25, -0.2) is 4.79 Å². The SMILES string of the molecule is Cc1cc(C)cc(NC(=O)NCc2ccc(C#N)cc2)c1. The van der Waals surface area contributed by atoms with E-state index in [2.05, 4.69) is 22.8 Å². The van der Waals surface area contributed by atoms with Crippen molar-refractivity contribution < 1.29 is 4.79 Å². The molecular weight excluding hydrogens is 262 g/mol. The van der Waals surface area contributed by atoms with Crippen molar-refractivity contribution in [2.45, 2.75) is 20.4 Å². The van der Waals surface area contributed by atoms with Crippen LogP contribution in [0.4, 0.5) is 10.5 Å². The molecule has 2 rings (SSSR count). The fraction of sp³-hybridized carbons (Fsp3) is 0.176. The summed E-state index contributed by atoms with van der Waals surface area (Å²) in [7, 11) is 0. The quantitative estimate of drug-likeness (QED) is 0.903. The summed E-state index contributed by atoms with van der Waals surface area (Å²) in [4.78, 5) is 11.9. The van der Waals surface area contributed by atoms with Crippen LogP contribution < -0.4 is 10.6 Å². The van der Waals surface area contributed by atoms with Gasteiger partial charge in [-0.1, -0.05) is 18.2 Å². The molecule has 0 radical (unpaired) electrons. The number of benzene rings is 2. The van der Waals surface area contributed by atoms with Gasteiger partial charge in [-0.3, -0.25) is 0 Å². The van der Waals surface area contributed by atoms with Crippen LogP contribution in [0, 0.1) is 25.2 Å². The van der Waals surface area contributed by atoms with Crippen LogP contribution in [0.15, 0.2) is 42.5 Å². The van der Waals surface area contributed by atoms with Crippen LogP contribution in [0.2, 0.25) is 0 Å². The van der Waals surface area contributed by atoms with Crippen LogP contribution in [0.25, 0.3) is 0 Å². The minimum absolute atomic E-state index is 0.246. The lowest BCUT2D eigenvalue weighted by Crippen LogP contribution is -2.28. The second-order valence-corrected chi connectivity index (χ2v) is 4.99. The van der Waals surface area contributed by atoms with Gasteiger partial charge in [0.25, 0.3) is 0 Å². The molecule has 0 bridgehead atoms. The molecule has 0 saturated heterocycles. The van der Waals surface area contributed by atoms with Crippen LogP contribution in [0.1, 0.15) is 22.3 Å². The van der Waals surface area contributed by atoms with E-state index in [1.165, 1.54) is 0 Å². The lowest BCUT2D eigenvalue weighted by molar-refractivity contribution is 0.251. The molecule has 2 N–H and O–H groups in total. The van der Waals surface area contributed by atoms with E-state index in [0.29, 0.717) is 12.1 Å². The van der Waals surface area contributed by atoms with Crippen LogP contribution >= 0.6 is 0 Å². The molecule has 0 saturated carbocycles. The Kier molecular flexibility index (Phi) is 4.57. The highest BCUT2D eigenvalue weighted by atomic mass is 16.2. The molecule has 0 heterocycles. The molecule has 2 aromatic carbocycles. The highest BCUT2D eigenvalue weighted by Crippen LogP contribution is 2.13. The van der Waals surface area contributed by atoms with E-state index in [1.807, 2.05) is 38.1 Å². The number of carbonyl (C=O) groups is 1. The summed E-state index contributed by atoms with van der Waals surface area (Å²) in [5, 5.41) is 14.3. The number of urea groups is 1.